The summed E-state index contributed by atoms with van der Waals surface area (Å²) in [6.07, 6.45) is 11.7. The average molecular weight is 868 g/mol. The van der Waals surface area contributed by atoms with Crippen molar-refractivity contribution in [3.05, 3.63) is 271 Å². The lowest BCUT2D eigenvalue weighted by atomic mass is 9.84. The molecule has 67 heavy (non-hydrogen) atoms. The largest absolute Gasteiger partial charge is 0.309 e. The molecule has 10 aromatic carbocycles. The minimum Gasteiger partial charge on any atom is -0.309 e. The van der Waals surface area contributed by atoms with E-state index in [1.807, 2.05) is 11.3 Å². The molecule has 0 saturated heterocycles. The van der Waals surface area contributed by atoms with Gasteiger partial charge in [0.1, 0.15) is 0 Å². The Bertz CT molecular complexity index is 4080. The number of benzene rings is 10. The van der Waals surface area contributed by atoms with E-state index in [4.69, 9.17) is 0 Å². The zero-order chi connectivity index (χ0) is 44.0. The second kappa shape index (κ2) is 15.1. The van der Waals surface area contributed by atoms with Crippen LogP contribution in [0.2, 0.25) is 0 Å². The molecule has 2 aliphatic rings. The highest BCUT2D eigenvalue weighted by Crippen LogP contribution is 2.50. The van der Waals surface area contributed by atoms with Crippen molar-refractivity contribution < 1.29 is 0 Å². The van der Waals surface area contributed by atoms with E-state index in [-0.39, 0.29) is 5.92 Å². The third-order valence-corrected chi connectivity index (χ3v) is 15.5. The lowest BCUT2D eigenvalue weighted by molar-refractivity contribution is 1.00. The lowest BCUT2D eigenvalue weighted by Crippen LogP contribution is -2.02. The maximum absolute atomic E-state index is 2.51. The van der Waals surface area contributed by atoms with E-state index in [0.29, 0.717) is 0 Å². The van der Waals surface area contributed by atoms with Crippen molar-refractivity contribution in [3.8, 4) is 27.9 Å². The minimum atomic E-state index is 0.0923. The van der Waals surface area contributed by atoms with Crippen LogP contribution in [0, 0.1) is 5.92 Å². The summed E-state index contributed by atoms with van der Waals surface area (Å²) in [7, 11) is 0. The molecule has 2 aliphatic carbocycles. The predicted molar refractivity (Wildman–Crippen MR) is 287 cm³/mol. The van der Waals surface area contributed by atoms with Gasteiger partial charge in [-0.15, -0.1) is 11.3 Å². The summed E-state index contributed by atoms with van der Waals surface area (Å²) in [5.74, 6) is 0.0923. The van der Waals surface area contributed by atoms with Gasteiger partial charge >= 0.3 is 0 Å². The van der Waals surface area contributed by atoms with Gasteiger partial charge in [0, 0.05) is 48.1 Å². The number of para-hydroxylation sites is 2. The summed E-state index contributed by atoms with van der Waals surface area (Å²) in [4.78, 5) is 0. The molecule has 14 rings (SSSR count). The molecule has 0 bridgehead atoms. The van der Waals surface area contributed by atoms with Gasteiger partial charge in [-0.25, -0.2) is 0 Å². The summed E-state index contributed by atoms with van der Waals surface area (Å²) in [5.41, 5.74) is 17.5. The highest BCUT2D eigenvalue weighted by molar-refractivity contribution is 7.26. The van der Waals surface area contributed by atoms with E-state index in [9.17, 15) is 0 Å². The second-order valence-electron chi connectivity index (χ2n) is 17.8. The van der Waals surface area contributed by atoms with Gasteiger partial charge in [-0.3, -0.25) is 0 Å². The molecular weight excluding hydrogens is 827 g/mol. The Morgan fingerprint density at radius 1 is 0.388 bits per heavy atom. The second-order valence-corrected chi connectivity index (χ2v) is 18.9. The van der Waals surface area contributed by atoms with Crippen LogP contribution in [0.15, 0.2) is 248 Å². The van der Waals surface area contributed by atoms with Crippen LogP contribution in [0.25, 0.3) is 103 Å². The summed E-state index contributed by atoms with van der Waals surface area (Å²) in [6.45, 7) is 0. The molecule has 0 radical (unpaired) electrons. The van der Waals surface area contributed by atoms with Crippen LogP contribution in [-0.4, -0.2) is 4.57 Å². The molecule has 0 fully saturated rings. The molecule has 12 aromatic rings. The number of aromatic nitrogens is 1. The highest BCUT2D eigenvalue weighted by Gasteiger charge is 2.28. The van der Waals surface area contributed by atoms with Crippen LogP contribution in [-0.2, 0) is 0 Å². The molecule has 1 nitrogen and oxygen atoms in total. The maximum Gasteiger partial charge on any atom is 0.0547 e. The van der Waals surface area contributed by atoms with E-state index < -0.39 is 0 Å². The Labute approximate surface area is 392 Å². The molecule has 1 unspecified atom stereocenters. The molecule has 0 aliphatic heterocycles. The molecule has 0 amide bonds. The molecule has 2 heteroatoms. The Balaban J connectivity index is 0.954. The van der Waals surface area contributed by atoms with Gasteiger partial charge in [0.05, 0.1) is 11.0 Å². The quantitative estimate of drug-likeness (QED) is 0.152. The number of thiophene rings is 1. The van der Waals surface area contributed by atoms with Crippen LogP contribution in [0.4, 0.5) is 0 Å². The average Bonchev–Trinajstić information content (AvgIpc) is 3.89. The number of rotatable bonds is 5. The van der Waals surface area contributed by atoms with Gasteiger partial charge in [0.15, 0.2) is 0 Å². The van der Waals surface area contributed by atoms with Crippen LogP contribution in [0.5, 0.6) is 0 Å². The number of nitrogens with zero attached hydrogens (tertiary/aromatic N) is 1. The van der Waals surface area contributed by atoms with Crippen molar-refractivity contribution in [1.82, 2.24) is 4.57 Å². The number of hydrogen-bond donors (Lipinski definition) is 0. The van der Waals surface area contributed by atoms with Crippen LogP contribution >= 0.6 is 11.3 Å². The number of allylic oxidation sites excluding steroid dienone is 6. The fourth-order valence-corrected chi connectivity index (χ4v) is 12.6. The molecule has 312 valence electrons. The molecule has 2 heterocycles. The third-order valence-electron chi connectivity index (χ3n) is 14.2. The van der Waals surface area contributed by atoms with Crippen molar-refractivity contribution in [2.75, 3.05) is 0 Å². The van der Waals surface area contributed by atoms with E-state index >= 15 is 0 Å². The Kier molecular flexibility index (Phi) is 8.59. The third kappa shape index (κ3) is 5.87. The van der Waals surface area contributed by atoms with E-state index in [1.54, 1.807) is 0 Å². The van der Waals surface area contributed by atoms with E-state index in [1.165, 1.54) is 130 Å². The van der Waals surface area contributed by atoms with Crippen molar-refractivity contribution in [2.24, 2.45) is 5.92 Å². The summed E-state index contributed by atoms with van der Waals surface area (Å²) in [5, 5.41) is 10.2. The summed E-state index contributed by atoms with van der Waals surface area (Å²) >= 11 is 1.92. The normalized spacial score (nSPS) is 14.6. The fraction of sp³-hybridized carbons (Fsp3) is 0.0154. The summed E-state index contributed by atoms with van der Waals surface area (Å²) < 4.78 is 5.04. The monoisotopic (exact) mass is 867 g/mol. The first-order valence-electron chi connectivity index (χ1n) is 23.2. The summed E-state index contributed by atoms with van der Waals surface area (Å²) in [6, 6.07) is 78.7. The Morgan fingerprint density at radius 3 is 1.75 bits per heavy atom. The smallest absolute Gasteiger partial charge is 0.0547 e. The zero-order valence-electron chi connectivity index (χ0n) is 36.5. The molecule has 0 saturated carbocycles. The van der Waals surface area contributed by atoms with E-state index in [0.717, 1.165) is 0 Å². The maximum atomic E-state index is 2.51. The van der Waals surface area contributed by atoms with Crippen LogP contribution < -0.4 is 0 Å². The molecule has 1 atom stereocenters. The van der Waals surface area contributed by atoms with Crippen molar-refractivity contribution >= 4 is 86.0 Å². The lowest BCUT2D eigenvalue weighted by Gasteiger charge is -2.19. The number of hydrogen-bond acceptors (Lipinski definition) is 1. The Hall–Kier alpha value is -8.30. The first-order chi connectivity index (χ1) is 33.3. The first kappa shape index (κ1) is 38.0. The van der Waals surface area contributed by atoms with Crippen molar-refractivity contribution in [1.29, 1.82) is 0 Å². The van der Waals surface area contributed by atoms with Gasteiger partial charge in [0.25, 0.3) is 0 Å². The molecular formula is C65H41NS. The van der Waals surface area contributed by atoms with Crippen molar-refractivity contribution in [3.63, 3.8) is 0 Å². The Morgan fingerprint density at radius 2 is 0.985 bits per heavy atom. The zero-order valence-corrected chi connectivity index (χ0v) is 37.3. The minimum absolute atomic E-state index is 0.0923. The highest BCUT2D eigenvalue weighted by atomic mass is 32.1. The number of fused-ring (bicyclic) bond motifs is 10. The van der Waals surface area contributed by atoms with Crippen LogP contribution in [0.1, 0.15) is 22.3 Å². The fourth-order valence-electron chi connectivity index (χ4n) is 11.4. The van der Waals surface area contributed by atoms with E-state index in [2.05, 4.69) is 247 Å². The molecule has 0 N–H and O–H groups in total. The first-order valence-corrected chi connectivity index (χ1v) is 24.0. The van der Waals surface area contributed by atoms with Crippen molar-refractivity contribution in [2.45, 2.75) is 0 Å². The van der Waals surface area contributed by atoms with Gasteiger partial charge in [-0.1, -0.05) is 206 Å². The molecule has 0 spiro atoms. The van der Waals surface area contributed by atoms with Crippen LogP contribution in [0.3, 0.4) is 0 Å². The molecule has 2 aromatic heterocycles. The van der Waals surface area contributed by atoms with Gasteiger partial charge in [0.2, 0.25) is 0 Å². The topological polar surface area (TPSA) is 4.93 Å². The predicted octanol–water partition coefficient (Wildman–Crippen LogP) is 17.8. The van der Waals surface area contributed by atoms with Gasteiger partial charge < -0.3 is 4.57 Å². The van der Waals surface area contributed by atoms with Gasteiger partial charge in [-0.2, -0.15) is 0 Å². The standard InChI is InChI=1S/C65H41NS/c1-3-18-41(19-4-1)62-51-27-11-13-29-53(51)63(54-30-14-12-28-52(54)62)44-35-37-61-58(39-44)55-31-17-32-56(65(55)67-61)64-46-23-8-7-20-42(46)38-57(47-24-9-10-26-50(47)64)43-34-36-49-48-25-15-16-33-59(48)66(60(49)40-43)45-21-5-2-6-22-45/h1-40,42H. The van der Waals surface area contributed by atoms with Gasteiger partial charge in [-0.05, 0) is 114 Å². The SMILES string of the molecule is C1=CC2=C(c3cccc4c3sc3ccc(-c5c6ccccc6c(-c6ccccc6)c6ccccc56)cc34)c3ccccc3C(c3ccc4c5ccccc5n(-c5ccccc5)c4c3)=CC2C=C1.